The van der Waals surface area contributed by atoms with Crippen LogP contribution in [0.5, 0.6) is 0 Å². The molecule has 3 heterocycles. The van der Waals surface area contributed by atoms with E-state index in [0.717, 1.165) is 28.7 Å². The molecule has 0 spiro atoms. The van der Waals surface area contributed by atoms with E-state index in [2.05, 4.69) is 21.8 Å². The third-order valence-electron chi connectivity index (χ3n) is 4.92. The number of pyridine rings is 2. The third kappa shape index (κ3) is 2.39. The Balaban J connectivity index is 2.19. The monoisotopic (exact) mass is 300 g/mol. The summed E-state index contributed by atoms with van der Waals surface area (Å²) in [5.74, 6) is 1.41. The van der Waals surface area contributed by atoms with Crippen LogP contribution in [0.3, 0.4) is 0 Å². The molecular formula is C17H24N4O. The maximum atomic E-state index is 10.4. The van der Waals surface area contributed by atoms with E-state index in [1.807, 2.05) is 33.0 Å². The lowest BCUT2D eigenvalue weighted by Gasteiger charge is -2.40. The van der Waals surface area contributed by atoms with Crippen molar-refractivity contribution < 1.29 is 5.11 Å². The van der Waals surface area contributed by atoms with Gasteiger partial charge in [0.15, 0.2) is 0 Å². The van der Waals surface area contributed by atoms with Crippen LogP contribution in [0.2, 0.25) is 0 Å². The minimum Gasteiger partial charge on any atom is -0.390 e. The molecule has 118 valence electrons. The molecule has 1 aliphatic rings. The second-order valence-electron chi connectivity index (χ2n) is 6.90. The van der Waals surface area contributed by atoms with E-state index in [9.17, 15) is 5.11 Å². The molecule has 1 saturated heterocycles. The molecule has 1 aliphatic heterocycles. The molecule has 0 bridgehead atoms. The Hall–Kier alpha value is -1.88. The number of aliphatic hydroxyl groups is 1. The normalized spacial score (nSPS) is 20.0. The maximum absolute atomic E-state index is 10.4. The van der Waals surface area contributed by atoms with Gasteiger partial charge in [0.05, 0.1) is 5.60 Å². The molecule has 1 fully saturated rings. The summed E-state index contributed by atoms with van der Waals surface area (Å²) in [5.41, 5.74) is 6.08. The highest BCUT2D eigenvalue weighted by molar-refractivity contribution is 5.95. The van der Waals surface area contributed by atoms with E-state index in [1.165, 1.54) is 6.42 Å². The van der Waals surface area contributed by atoms with Crippen molar-refractivity contribution >= 4 is 22.4 Å². The minimum absolute atomic E-state index is 0.0489. The van der Waals surface area contributed by atoms with Gasteiger partial charge in [-0.05, 0) is 44.2 Å². The van der Waals surface area contributed by atoms with E-state index in [1.54, 1.807) is 6.20 Å². The minimum atomic E-state index is -0.821. The largest absolute Gasteiger partial charge is 0.390 e. The summed E-state index contributed by atoms with van der Waals surface area (Å²) in [6.07, 6.45) is 4.87. The molecule has 5 heteroatoms. The van der Waals surface area contributed by atoms with Gasteiger partial charge in [-0.15, -0.1) is 0 Å². The number of nitrogen functional groups attached to an aromatic ring is 1. The van der Waals surface area contributed by atoms with Gasteiger partial charge >= 0.3 is 0 Å². The first-order chi connectivity index (χ1) is 10.3. The van der Waals surface area contributed by atoms with E-state index < -0.39 is 5.60 Å². The highest BCUT2D eigenvalue weighted by Gasteiger charge is 2.30. The fraction of sp³-hybridized carbons (Fsp3) is 0.529. The van der Waals surface area contributed by atoms with Gasteiger partial charge in [-0.3, -0.25) is 0 Å². The van der Waals surface area contributed by atoms with Crippen LogP contribution in [0.4, 0.5) is 11.6 Å². The predicted octanol–water partition coefficient (Wildman–Crippen LogP) is 2.69. The average molecular weight is 300 g/mol. The molecule has 0 amide bonds. The van der Waals surface area contributed by atoms with Gasteiger partial charge in [0.25, 0.3) is 0 Å². The molecule has 2 atom stereocenters. The zero-order valence-electron chi connectivity index (χ0n) is 13.7. The Kier molecular flexibility index (Phi) is 3.48. The number of hydrogen-bond donors (Lipinski definition) is 2. The standard InChI is InChI=1S/C17H24N4O/c1-10-5-6-21(10)16-14-9-19-15(18)7-12(14)13(8-20-16)11(2)17(3,4)22/h7-11,22H,5-6H2,1-4H3,(H2,18,19)/t10-,11+/m1/s1. The van der Waals surface area contributed by atoms with Gasteiger partial charge in [-0.1, -0.05) is 6.92 Å². The summed E-state index contributed by atoms with van der Waals surface area (Å²) in [6, 6.07) is 2.40. The van der Waals surface area contributed by atoms with Crippen molar-refractivity contribution in [1.29, 1.82) is 0 Å². The second-order valence-corrected chi connectivity index (χ2v) is 6.90. The molecule has 0 aliphatic carbocycles. The average Bonchev–Trinajstić information content (AvgIpc) is 2.44. The van der Waals surface area contributed by atoms with Gasteiger partial charge in [0.2, 0.25) is 0 Å². The summed E-state index contributed by atoms with van der Waals surface area (Å²) >= 11 is 0. The van der Waals surface area contributed by atoms with Crippen molar-refractivity contribution in [2.24, 2.45) is 0 Å². The first kappa shape index (κ1) is 15.0. The molecule has 0 unspecified atom stereocenters. The molecule has 2 aromatic heterocycles. The number of nitrogens with two attached hydrogens (primary N) is 1. The van der Waals surface area contributed by atoms with Crippen LogP contribution in [-0.2, 0) is 0 Å². The number of fused-ring (bicyclic) bond motifs is 1. The fourth-order valence-corrected chi connectivity index (χ4v) is 2.94. The topological polar surface area (TPSA) is 75.3 Å². The van der Waals surface area contributed by atoms with E-state index in [-0.39, 0.29) is 5.92 Å². The molecule has 3 rings (SSSR count). The number of hydrogen-bond acceptors (Lipinski definition) is 5. The molecule has 22 heavy (non-hydrogen) atoms. The van der Waals surface area contributed by atoms with Gasteiger partial charge in [0.1, 0.15) is 11.6 Å². The van der Waals surface area contributed by atoms with Crippen LogP contribution in [0.15, 0.2) is 18.5 Å². The zero-order valence-corrected chi connectivity index (χ0v) is 13.7. The van der Waals surface area contributed by atoms with Gasteiger partial charge in [-0.2, -0.15) is 0 Å². The number of aromatic nitrogens is 2. The second kappa shape index (κ2) is 5.09. The van der Waals surface area contributed by atoms with Gasteiger partial charge in [0, 0.05) is 36.3 Å². The van der Waals surface area contributed by atoms with Crippen LogP contribution in [0.25, 0.3) is 10.8 Å². The molecule has 5 nitrogen and oxygen atoms in total. The first-order valence-corrected chi connectivity index (χ1v) is 7.82. The lowest BCUT2D eigenvalue weighted by atomic mass is 9.85. The number of rotatable bonds is 3. The Labute approximate surface area is 131 Å². The van der Waals surface area contributed by atoms with Crippen molar-refractivity contribution in [2.75, 3.05) is 17.2 Å². The number of anilines is 2. The molecule has 0 saturated carbocycles. The van der Waals surface area contributed by atoms with Crippen molar-refractivity contribution in [2.45, 2.75) is 51.7 Å². The van der Waals surface area contributed by atoms with Crippen molar-refractivity contribution in [1.82, 2.24) is 9.97 Å². The SMILES string of the molecule is C[C@@H]1CCN1c1ncc([C@H](C)C(C)(C)O)c2cc(N)ncc12. The lowest BCUT2D eigenvalue weighted by molar-refractivity contribution is 0.0562. The Morgan fingerprint density at radius 2 is 2.05 bits per heavy atom. The predicted molar refractivity (Wildman–Crippen MR) is 90.1 cm³/mol. The Morgan fingerprint density at radius 3 is 2.59 bits per heavy atom. The van der Waals surface area contributed by atoms with Crippen molar-refractivity contribution in [3.05, 3.63) is 24.0 Å². The Morgan fingerprint density at radius 1 is 1.32 bits per heavy atom. The quantitative estimate of drug-likeness (QED) is 0.911. The van der Waals surface area contributed by atoms with E-state index in [0.29, 0.717) is 11.9 Å². The first-order valence-electron chi connectivity index (χ1n) is 7.82. The summed E-state index contributed by atoms with van der Waals surface area (Å²) < 4.78 is 0. The Bertz CT molecular complexity index is 708. The smallest absolute Gasteiger partial charge is 0.138 e. The van der Waals surface area contributed by atoms with Crippen LogP contribution < -0.4 is 10.6 Å². The summed E-state index contributed by atoms with van der Waals surface area (Å²) in [6.45, 7) is 8.88. The van der Waals surface area contributed by atoms with Crippen LogP contribution in [0.1, 0.15) is 45.6 Å². The molecular weight excluding hydrogens is 276 g/mol. The van der Waals surface area contributed by atoms with Crippen LogP contribution in [-0.4, -0.2) is 33.3 Å². The van der Waals surface area contributed by atoms with Crippen LogP contribution in [0, 0.1) is 0 Å². The summed E-state index contributed by atoms with van der Waals surface area (Å²) in [4.78, 5) is 11.2. The lowest BCUT2D eigenvalue weighted by Crippen LogP contribution is -2.46. The maximum Gasteiger partial charge on any atom is 0.138 e. The van der Waals surface area contributed by atoms with E-state index >= 15 is 0 Å². The van der Waals surface area contributed by atoms with E-state index in [4.69, 9.17) is 5.73 Å². The zero-order chi connectivity index (χ0) is 16.1. The molecule has 3 N–H and O–H groups in total. The van der Waals surface area contributed by atoms with Crippen molar-refractivity contribution in [3.8, 4) is 0 Å². The third-order valence-corrected chi connectivity index (χ3v) is 4.92. The van der Waals surface area contributed by atoms with Crippen molar-refractivity contribution in [3.63, 3.8) is 0 Å². The number of nitrogens with zero attached hydrogens (tertiary/aromatic N) is 3. The molecule has 0 aromatic carbocycles. The highest BCUT2D eigenvalue weighted by Crippen LogP contribution is 2.37. The fourth-order valence-electron chi connectivity index (χ4n) is 2.94. The summed E-state index contributed by atoms with van der Waals surface area (Å²) in [5, 5.41) is 12.4. The highest BCUT2D eigenvalue weighted by atomic mass is 16.3. The van der Waals surface area contributed by atoms with Gasteiger partial charge in [-0.25, -0.2) is 9.97 Å². The van der Waals surface area contributed by atoms with Gasteiger partial charge < -0.3 is 15.7 Å². The summed E-state index contributed by atoms with van der Waals surface area (Å²) in [7, 11) is 0. The molecule has 2 aromatic rings. The van der Waals surface area contributed by atoms with Crippen LogP contribution >= 0.6 is 0 Å². The molecule has 0 radical (unpaired) electrons.